The molecular formula is C11H28N4O13P2. The van der Waals surface area contributed by atoms with Crippen molar-refractivity contribution >= 4 is 39.8 Å². The molecule has 1 atom stereocenters. The number of amides is 4. The van der Waals surface area contributed by atoms with Gasteiger partial charge in [-0.3, -0.25) is 9.36 Å². The van der Waals surface area contributed by atoms with Gasteiger partial charge in [0.1, 0.15) is 0 Å². The third-order valence-corrected chi connectivity index (χ3v) is 2.30. The van der Waals surface area contributed by atoms with E-state index in [4.69, 9.17) is 14.7 Å². The summed E-state index contributed by atoms with van der Waals surface area (Å²) in [5.74, 6) is 0. The lowest BCUT2D eigenvalue weighted by Gasteiger charge is -1.95. The predicted molar refractivity (Wildman–Crippen MR) is 103 cm³/mol. The van der Waals surface area contributed by atoms with Crippen LogP contribution in [0.2, 0.25) is 0 Å². The molecule has 30 heavy (non-hydrogen) atoms. The summed E-state index contributed by atoms with van der Waals surface area (Å²) in [5, 5.41) is 0. The summed E-state index contributed by atoms with van der Waals surface area (Å²) in [4.78, 5) is 61.1. The number of methoxy groups -OCH3 is 3. The van der Waals surface area contributed by atoms with Crippen LogP contribution in [-0.2, 0) is 27.9 Å². The summed E-state index contributed by atoms with van der Waals surface area (Å²) in [6, 6.07) is 0. The van der Waals surface area contributed by atoms with E-state index in [1.54, 1.807) is 6.92 Å². The molecule has 11 N–H and O–H groups in total. The molecule has 4 amide bonds. The van der Waals surface area contributed by atoms with E-state index < -0.39 is 39.8 Å². The van der Waals surface area contributed by atoms with Crippen molar-refractivity contribution in [2.75, 3.05) is 27.9 Å². The lowest BCUT2D eigenvalue weighted by molar-refractivity contribution is 0.181. The Morgan fingerprint density at radius 1 is 0.900 bits per heavy atom. The molecule has 17 nitrogen and oxygen atoms in total. The van der Waals surface area contributed by atoms with Crippen LogP contribution < -0.4 is 22.9 Å². The molecule has 0 rings (SSSR count). The quantitative estimate of drug-likeness (QED) is 0.147. The third kappa shape index (κ3) is 73.0. The monoisotopic (exact) mass is 486 g/mol. The minimum atomic E-state index is -4.60. The van der Waals surface area contributed by atoms with Gasteiger partial charge in [-0.1, -0.05) is 12.2 Å². The second-order valence-corrected chi connectivity index (χ2v) is 6.31. The first-order chi connectivity index (χ1) is 13.4. The highest BCUT2D eigenvalue weighted by Gasteiger charge is 2.20. The lowest BCUT2D eigenvalue weighted by Crippen LogP contribution is -2.08. The summed E-state index contributed by atoms with van der Waals surface area (Å²) in [6.07, 6.45) is -2.24. The van der Waals surface area contributed by atoms with E-state index >= 15 is 0 Å². The third-order valence-electron chi connectivity index (χ3n) is 1.33. The normalized spacial score (nSPS) is 9.43. The molecule has 0 aliphatic rings. The number of primary amides is 4. The first-order valence-corrected chi connectivity index (χ1v) is 9.62. The molecule has 0 aromatic heterocycles. The van der Waals surface area contributed by atoms with Crippen molar-refractivity contribution < 1.29 is 61.7 Å². The molecule has 0 aliphatic heterocycles. The maximum absolute atomic E-state index is 9.83. The first-order valence-electron chi connectivity index (χ1n) is 6.74. The van der Waals surface area contributed by atoms with E-state index in [0.29, 0.717) is 0 Å². The average molecular weight is 486 g/mol. The van der Waals surface area contributed by atoms with E-state index in [1.165, 1.54) is 21.3 Å². The Morgan fingerprint density at radius 2 is 1.10 bits per heavy atom. The number of ether oxygens (including phenoxy) is 3. The van der Waals surface area contributed by atoms with Gasteiger partial charge >= 0.3 is 39.8 Å². The minimum absolute atomic E-state index is 0.175. The Kier molecular flexibility index (Phi) is 30.8. The van der Waals surface area contributed by atoms with Gasteiger partial charge in [-0.2, -0.15) is 0 Å². The summed E-state index contributed by atoms with van der Waals surface area (Å²) in [7, 11) is -3.67. The summed E-state index contributed by atoms with van der Waals surface area (Å²) >= 11 is 0. The van der Waals surface area contributed by atoms with Crippen LogP contribution in [-0.4, -0.2) is 66.5 Å². The van der Waals surface area contributed by atoms with Crippen molar-refractivity contribution in [3.8, 4) is 0 Å². The van der Waals surface area contributed by atoms with Gasteiger partial charge in [-0.25, -0.2) is 18.9 Å². The fourth-order valence-electron chi connectivity index (χ4n) is 0.185. The molecule has 0 aromatic rings. The Hall–Kier alpha value is -2.68. The Balaban J connectivity index is -0.0000000883. The van der Waals surface area contributed by atoms with Gasteiger partial charge in [0.05, 0.1) is 27.9 Å². The fraction of sp³-hybridized carbons (Fsp3) is 0.455. The zero-order chi connectivity index (χ0) is 25.5. The molecule has 0 heterocycles. The van der Waals surface area contributed by atoms with Gasteiger partial charge < -0.3 is 56.3 Å². The molecular weight excluding hydrogens is 458 g/mol. The molecule has 1 unspecified atom stereocenters. The van der Waals surface area contributed by atoms with E-state index in [1.807, 2.05) is 0 Å². The molecule has 0 saturated carbocycles. The number of nitrogens with two attached hydrogens (primary N) is 4. The SMILES string of the molecule is C=C(C)CO[PH](=O)O.COC(N)=O.COC(N)=O.COC(N)=O.NC(=O)P(=O)(O)O. The van der Waals surface area contributed by atoms with Crippen LogP contribution in [0, 0.1) is 0 Å². The second kappa shape index (κ2) is 24.4. The maximum Gasteiger partial charge on any atom is 0.412 e. The van der Waals surface area contributed by atoms with Crippen LogP contribution in [0.4, 0.5) is 19.2 Å². The van der Waals surface area contributed by atoms with Crippen LogP contribution in [0.15, 0.2) is 12.2 Å². The topological polar surface area (TPSA) is 304 Å². The van der Waals surface area contributed by atoms with Crippen LogP contribution in [0.3, 0.4) is 0 Å². The van der Waals surface area contributed by atoms with Crippen molar-refractivity contribution in [2.24, 2.45) is 22.9 Å². The molecule has 0 fully saturated rings. The molecule has 19 heteroatoms. The zero-order valence-electron chi connectivity index (χ0n) is 16.6. The molecule has 180 valence electrons. The standard InChI is InChI=1S/C4H9O3P.3C2H5NO2.CH4NO4P/c1-4(2)3-7-8(5)6;3*1-5-2(3)4;2-1(3)7(4,5)6/h8H,1,3H2,2H3,(H,5,6);3*1H3,(H2,3,4);(H2,2,3)(H2,4,5,6). The predicted octanol–water partition coefficient (Wildman–Crippen LogP) is -0.662. The highest BCUT2D eigenvalue weighted by atomic mass is 31.2. The smallest absolute Gasteiger partial charge is 0.412 e. The first kappa shape index (κ1) is 38.0. The summed E-state index contributed by atoms with van der Waals surface area (Å²) in [5.41, 5.74) is 16.6. The minimum Gasteiger partial charge on any atom is -0.453 e. The highest BCUT2D eigenvalue weighted by Crippen LogP contribution is 2.33. The molecule has 0 saturated heterocycles. The molecule has 0 aromatic carbocycles. The average Bonchev–Trinajstić information content (AvgIpc) is 2.61. The van der Waals surface area contributed by atoms with Crippen molar-refractivity contribution in [1.29, 1.82) is 0 Å². The fourth-order valence-corrected chi connectivity index (χ4v) is 0.555. The van der Waals surface area contributed by atoms with Crippen LogP contribution >= 0.6 is 15.9 Å². The van der Waals surface area contributed by atoms with Crippen LogP contribution in [0.1, 0.15) is 6.92 Å². The van der Waals surface area contributed by atoms with E-state index in [2.05, 4.69) is 48.2 Å². The largest absolute Gasteiger partial charge is 0.453 e. The summed E-state index contributed by atoms with van der Waals surface area (Å²) < 4.78 is 35.3. The van der Waals surface area contributed by atoms with Crippen LogP contribution in [0.5, 0.6) is 0 Å². The van der Waals surface area contributed by atoms with Crippen molar-refractivity contribution in [3.05, 3.63) is 12.2 Å². The van der Waals surface area contributed by atoms with E-state index in [9.17, 15) is 28.3 Å². The maximum atomic E-state index is 9.83. The van der Waals surface area contributed by atoms with E-state index in [0.717, 1.165) is 5.57 Å². The number of carbonyl (C=O) groups is 4. The van der Waals surface area contributed by atoms with Gasteiger partial charge in [0.25, 0.3) is 0 Å². The Bertz CT molecular complexity index is 546. The molecule has 0 spiro atoms. The Morgan fingerprint density at radius 3 is 1.13 bits per heavy atom. The zero-order valence-corrected chi connectivity index (χ0v) is 18.5. The van der Waals surface area contributed by atoms with Gasteiger partial charge in [0, 0.05) is 0 Å². The van der Waals surface area contributed by atoms with Gasteiger partial charge in [-0.15, -0.1) is 0 Å². The van der Waals surface area contributed by atoms with Gasteiger partial charge in [0.2, 0.25) is 0 Å². The molecule has 0 radical (unpaired) electrons. The number of carbonyl (C=O) groups excluding carboxylic acids is 4. The second-order valence-electron chi connectivity index (χ2n) is 3.96. The van der Waals surface area contributed by atoms with Crippen molar-refractivity contribution in [2.45, 2.75) is 6.92 Å². The highest BCUT2D eigenvalue weighted by molar-refractivity contribution is 7.69. The number of rotatable bonds is 4. The van der Waals surface area contributed by atoms with E-state index in [-0.39, 0.29) is 6.61 Å². The molecule has 0 bridgehead atoms. The molecule has 0 aliphatic carbocycles. The summed E-state index contributed by atoms with van der Waals surface area (Å²) in [6.45, 7) is 5.37. The van der Waals surface area contributed by atoms with Crippen molar-refractivity contribution in [1.82, 2.24) is 0 Å². The van der Waals surface area contributed by atoms with Crippen LogP contribution in [0.25, 0.3) is 0 Å². The number of hydrogen-bond acceptors (Lipinski definition) is 10. The lowest BCUT2D eigenvalue weighted by atomic mass is 10.4. The van der Waals surface area contributed by atoms with Gasteiger partial charge in [-0.05, 0) is 6.92 Å². The van der Waals surface area contributed by atoms with Gasteiger partial charge in [0.15, 0.2) is 0 Å². The number of hydrogen-bond donors (Lipinski definition) is 7. The van der Waals surface area contributed by atoms with Crippen molar-refractivity contribution in [3.63, 3.8) is 0 Å². The Labute approximate surface area is 172 Å².